The van der Waals surface area contributed by atoms with E-state index >= 15 is 0 Å². The minimum atomic E-state index is -0.890. The second-order valence-electron chi connectivity index (χ2n) is 4.76. The van der Waals surface area contributed by atoms with Crippen molar-refractivity contribution in [3.63, 3.8) is 0 Å². The number of carboxylic acids is 1. The van der Waals surface area contributed by atoms with E-state index in [1.54, 1.807) is 0 Å². The van der Waals surface area contributed by atoms with Crippen LogP contribution in [0.3, 0.4) is 0 Å². The lowest BCUT2D eigenvalue weighted by molar-refractivity contribution is -0.384. The van der Waals surface area contributed by atoms with Crippen LogP contribution in [0.15, 0.2) is 12.3 Å². The number of aromatic nitrogens is 1. The summed E-state index contributed by atoms with van der Waals surface area (Å²) in [7, 11) is 0. The standard InChI is InChI=1S/C12H14ClN3O4/c13-7-5-10(16(19)20)11(14-6-7)15-9-4-2-1-3-8(9)12(17)18/h5-6,8-9H,1-4H2,(H,14,15)(H,17,18). The van der Waals surface area contributed by atoms with Crippen LogP contribution in [-0.2, 0) is 4.79 Å². The Kier molecular flexibility index (Phi) is 4.39. The Hall–Kier alpha value is -1.89. The Labute approximate surface area is 120 Å². The summed E-state index contributed by atoms with van der Waals surface area (Å²) in [4.78, 5) is 25.5. The van der Waals surface area contributed by atoms with Gasteiger partial charge in [0.15, 0.2) is 0 Å². The van der Waals surface area contributed by atoms with E-state index < -0.39 is 16.8 Å². The van der Waals surface area contributed by atoms with Crippen LogP contribution in [0, 0.1) is 16.0 Å². The van der Waals surface area contributed by atoms with Gasteiger partial charge in [0.25, 0.3) is 0 Å². The first-order valence-electron chi connectivity index (χ1n) is 6.28. The van der Waals surface area contributed by atoms with E-state index in [2.05, 4.69) is 10.3 Å². The predicted octanol–water partition coefficient (Wildman–Crippen LogP) is 2.70. The zero-order valence-electron chi connectivity index (χ0n) is 10.6. The van der Waals surface area contributed by atoms with Crippen molar-refractivity contribution in [2.45, 2.75) is 31.7 Å². The molecule has 1 aromatic heterocycles. The van der Waals surface area contributed by atoms with Crippen molar-refractivity contribution in [3.8, 4) is 0 Å². The van der Waals surface area contributed by atoms with Gasteiger partial charge in [-0.3, -0.25) is 14.9 Å². The second kappa shape index (κ2) is 6.04. The van der Waals surface area contributed by atoms with Gasteiger partial charge in [-0.15, -0.1) is 0 Å². The molecule has 2 atom stereocenters. The molecule has 1 aliphatic rings. The molecule has 20 heavy (non-hydrogen) atoms. The van der Waals surface area contributed by atoms with Gasteiger partial charge in [-0.1, -0.05) is 24.4 Å². The van der Waals surface area contributed by atoms with Crippen LogP contribution in [0.5, 0.6) is 0 Å². The van der Waals surface area contributed by atoms with Gasteiger partial charge in [0.1, 0.15) is 0 Å². The maximum absolute atomic E-state index is 11.2. The highest BCUT2D eigenvalue weighted by Gasteiger charge is 2.32. The molecule has 1 aromatic rings. The molecule has 0 aliphatic heterocycles. The topological polar surface area (TPSA) is 105 Å². The summed E-state index contributed by atoms with van der Waals surface area (Å²) in [5.41, 5.74) is -0.243. The number of pyridine rings is 1. The van der Waals surface area contributed by atoms with Crippen LogP contribution in [0.2, 0.25) is 5.02 Å². The lowest BCUT2D eigenvalue weighted by Gasteiger charge is -2.29. The average Bonchev–Trinajstić information content (AvgIpc) is 2.41. The SMILES string of the molecule is O=C(O)C1CCCCC1Nc1ncc(Cl)cc1[N+](=O)[O-]. The van der Waals surface area contributed by atoms with Crippen molar-refractivity contribution in [1.82, 2.24) is 4.98 Å². The Morgan fingerprint density at radius 3 is 2.85 bits per heavy atom. The maximum Gasteiger partial charge on any atom is 0.312 e. The molecule has 1 saturated carbocycles. The minimum absolute atomic E-state index is 0.0672. The quantitative estimate of drug-likeness (QED) is 0.654. The van der Waals surface area contributed by atoms with Gasteiger partial charge >= 0.3 is 11.7 Å². The van der Waals surface area contributed by atoms with Crippen molar-refractivity contribution >= 4 is 29.1 Å². The van der Waals surface area contributed by atoms with Gasteiger partial charge < -0.3 is 10.4 Å². The van der Waals surface area contributed by atoms with Crippen molar-refractivity contribution < 1.29 is 14.8 Å². The van der Waals surface area contributed by atoms with Crippen LogP contribution < -0.4 is 5.32 Å². The van der Waals surface area contributed by atoms with Gasteiger partial charge in [-0.25, -0.2) is 4.98 Å². The normalized spacial score (nSPS) is 22.2. The molecule has 7 nitrogen and oxygen atoms in total. The second-order valence-corrected chi connectivity index (χ2v) is 5.19. The third kappa shape index (κ3) is 3.16. The number of anilines is 1. The Morgan fingerprint density at radius 2 is 2.20 bits per heavy atom. The number of hydrogen-bond donors (Lipinski definition) is 2. The van der Waals surface area contributed by atoms with E-state index in [0.717, 1.165) is 12.8 Å². The fraction of sp³-hybridized carbons (Fsp3) is 0.500. The number of nitrogens with zero attached hydrogens (tertiary/aromatic N) is 2. The highest BCUT2D eigenvalue weighted by atomic mass is 35.5. The summed E-state index contributed by atoms with van der Waals surface area (Å²) in [6.45, 7) is 0. The van der Waals surface area contributed by atoms with E-state index in [-0.39, 0.29) is 22.6 Å². The number of nitro groups is 1. The fourth-order valence-electron chi connectivity index (χ4n) is 2.45. The number of nitrogens with one attached hydrogen (secondary N) is 1. The van der Waals surface area contributed by atoms with Crippen LogP contribution in [-0.4, -0.2) is 27.0 Å². The highest BCUT2D eigenvalue weighted by Crippen LogP contribution is 2.31. The summed E-state index contributed by atoms with van der Waals surface area (Å²) in [5, 5.41) is 23.2. The summed E-state index contributed by atoms with van der Waals surface area (Å²) in [6.07, 6.45) is 4.26. The van der Waals surface area contributed by atoms with Gasteiger partial charge in [0.05, 0.1) is 15.9 Å². The van der Waals surface area contributed by atoms with Crippen molar-refractivity contribution in [2.75, 3.05) is 5.32 Å². The number of rotatable bonds is 4. The first-order valence-corrected chi connectivity index (χ1v) is 6.66. The largest absolute Gasteiger partial charge is 0.481 e. The summed E-state index contributed by atoms with van der Waals surface area (Å²) < 4.78 is 0. The Morgan fingerprint density at radius 1 is 1.50 bits per heavy atom. The van der Waals surface area contributed by atoms with E-state index in [1.807, 2.05) is 0 Å². The van der Waals surface area contributed by atoms with Crippen molar-refractivity contribution in [1.29, 1.82) is 0 Å². The highest BCUT2D eigenvalue weighted by molar-refractivity contribution is 6.30. The molecule has 0 aromatic carbocycles. The molecule has 2 unspecified atom stereocenters. The molecule has 0 amide bonds. The van der Waals surface area contributed by atoms with Gasteiger partial charge in [-0.2, -0.15) is 0 Å². The van der Waals surface area contributed by atoms with Gasteiger partial charge in [0, 0.05) is 18.3 Å². The zero-order valence-corrected chi connectivity index (χ0v) is 11.3. The lowest BCUT2D eigenvalue weighted by atomic mass is 9.84. The number of halogens is 1. The molecule has 108 valence electrons. The molecule has 2 N–H and O–H groups in total. The molecule has 0 radical (unpaired) electrons. The molecule has 0 saturated heterocycles. The Balaban J connectivity index is 2.24. The molecule has 1 heterocycles. The third-order valence-corrected chi connectivity index (χ3v) is 3.64. The molecule has 1 fully saturated rings. The average molecular weight is 300 g/mol. The molecule has 0 spiro atoms. The van der Waals surface area contributed by atoms with Crippen molar-refractivity contribution in [2.24, 2.45) is 5.92 Å². The van der Waals surface area contributed by atoms with Crippen LogP contribution >= 0.6 is 11.6 Å². The van der Waals surface area contributed by atoms with Gasteiger partial charge in [-0.05, 0) is 12.8 Å². The summed E-state index contributed by atoms with van der Waals surface area (Å²) in [6, 6.07) is 0.851. The number of carbonyl (C=O) groups is 1. The van der Waals surface area contributed by atoms with E-state index in [1.165, 1.54) is 12.3 Å². The minimum Gasteiger partial charge on any atom is -0.481 e. The molecular weight excluding hydrogens is 286 g/mol. The fourth-order valence-corrected chi connectivity index (χ4v) is 2.61. The summed E-state index contributed by atoms with van der Waals surface area (Å²) >= 11 is 5.69. The first kappa shape index (κ1) is 14.5. The smallest absolute Gasteiger partial charge is 0.312 e. The van der Waals surface area contributed by atoms with Crippen LogP contribution in [0.4, 0.5) is 11.5 Å². The van der Waals surface area contributed by atoms with E-state index in [9.17, 15) is 20.0 Å². The van der Waals surface area contributed by atoms with Crippen molar-refractivity contribution in [3.05, 3.63) is 27.4 Å². The van der Waals surface area contributed by atoms with E-state index in [0.29, 0.717) is 12.8 Å². The number of carboxylic acid groups (broad SMARTS) is 1. The number of aliphatic carboxylic acids is 1. The van der Waals surface area contributed by atoms with Crippen LogP contribution in [0.1, 0.15) is 25.7 Å². The molecule has 2 rings (SSSR count). The zero-order chi connectivity index (χ0) is 14.7. The third-order valence-electron chi connectivity index (χ3n) is 3.44. The molecule has 0 bridgehead atoms. The molecular formula is C12H14ClN3O4. The molecule has 1 aliphatic carbocycles. The lowest BCUT2D eigenvalue weighted by Crippen LogP contribution is -2.37. The van der Waals surface area contributed by atoms with E-state index in [4.69, 9.17) is 11.6 Å². The maximum atomic E-state index is 11.2. The van der Waals surface area contributed by atoms with Crippen LogP contribution in [0.25, 0.3) is 0 Å². The van der Waals surface area contributed by atoms with Gasteiger partial charge in [0.2, 0.25) is 5.82 Å². The predicted molar refractivity (Wildman–Crippen MR) is 72.9 cm³/mol. The monoisotopic (exact) mass is 299 g/mol. The first-order chi connectivity index (χ1) is 9.49. The Bertz CT molecular complexity index is 537. The summed E-state index contributed by atoms with van der Waals surface area (Å²) in [5.74, 6) is -1.38. The molecule has 8 heteroatoms. The number of hydrogen-bond acceptors (Lipinski definition) is 5.